The summed E-state index contributed by atoms with van der Waals surface area (Å²) in [6, 6.07) is 7.86. The molecular formula is C22H28N4O4S. The molecule has 1 aromatic carbocycles. The third kappa shape index (κ3) is 5.06. The van der Waals surface area contributed by atoms with Gasteiger partial charge in [0.1, 0.15) is 29.5 Å². The maximum atomic E-state index is 12.9. The highest BCUT2D eigenvalue weighted by molar-refractivity contribution is 7.22. The third-order valence-electron chi connectivity index (χ3n) is 5.22. The Morgan fingerprint density at radius 3 is 2.61 bits per heavy atom. The lowest BCUT2D eigenvalue weighted by atomic mass is 9.87. The van der Waals surface area contributed by atoms with E-state index >= 15 is 0 Å². The number of aromatic nitrogens is 3. The summed E-state index contributed by atoms with van der Waals surface area (Å²) < 4.78 is 13.0. The van der Waals surface area contributed by atoms with E-state index in [4.69, 9.17) is 9.47 Å². The van der Waals surface area contributed by atoms with Crippen LogP contribution in [0.5, 0.6) is 5.75 Å². The molecule has 1 aliphatic heterocycles. The molecule has 0 amide bonds. The summed E-state index contributed by atoms with van der Waals surface area (Å²) in [5.41, 5.74) is 1.53. The molecule has 0 spiro atoms. The van der Waals surface area contributed by atoms with Crippen LogP contribution in [0.1, 0.15) is 26.3 Å². The number of morpholine rings is 1. The summed E-state index contributed by atoms with van der Waals surface area (Å²) in [6.45, 7) is 9.46. The number of benzene rings is 1. The minimum Gasteiger partial charge on any atom is -0.491 e. The normalized spacial score (nSPS) is 15.9. The zero-order valence-corrected chi connectivity index (χ0v) is 18.9. The van der Waals surface area contributed by atoms with Crippen LogP contribution in [0.25, 0.3) is 10.3 Å². The van der Waals surface area contributed by atoms with Crippen molar-refractivity contribution in [3.8, 4) is 5.75 Å². The molecule has 0 unspecified atom stereocenters. The molecule has 1 aliphatic rings. The number of thiazole rings is 1. The number of anilines is 1. The van der Waals surface area contributed by atoms with Crippen LogP contribution in [0.4, 0.5) is 5.13 Å². The lowest BCUT2D eigenvalue weighted by Gasteiger charge is -2.25. The molecule has 1 saturated heterocycles. The van der Waals surface area contributed by atoms with Crippen LogP contribution >= 0.6 is 11.3 Å². The maximum Gasteiger partial charge on any atom is 0.273 e. The van der Waals surface area contributed by atoms with Crippen LogP contribution < -0.4 is 15.2 Å². The van der Waals surface area contributed by atoms with Crippen molar-refractivity contribution < 1.29 is 14.6 Å². The number of rotatable bonds is 6. The van der Waals surface area contributed by atoms with E-state index < -0.39 is 6.10 Å². The van der Waals surface area contributed by atoms with Gasteiger partial charge in [-0.15, -0.1) is 0 Å². The van der Waals surface area contributed by atoms with Crippen LogP contribution in [0, 0.1) is 0 Å². The molecule has 3 heterocycles. The fraction of sp³-hybridized carbons (Fsp3) is 0.500. The van der Waals surface area contributed by atoms with Gasteiger partial charge in [-0.1, -0.05) is 44.2 Å². The van der Waals surface area contributed by atoms with Crippen LogP contribution in [-0.2, 0) is 16.7 Å². The molecule has 9 heteroatoms. The Morgan fingerprint density at radius 2 is 1.94 bits per heavy atom. The first-order valence-electron chi connectivity index (χ1n) is 10.4. The van der Waals surface area contributed by atoms with Gasteiger partial charge in [-0.05, 0) is 23.1 Å². The number of aliphatic hydroxyl groups excluding tert-OH is 1. The molecule has 0 saturated carbocycles. The first-order valence-corrected chi connectivity index (χ1v) is 11.2. The summed E-state index contributed by atoms with van der Waals surface area (Å²) in [4.78, 5) is 23.8. The quantitative estimate of drug-likeness (QED) is 0.624. The SMILES string of the molecule is CC(C)(C)c1ccc(OC[C@@H](O)Cn2cnc3nc(N4CCOCC4)sc3c2=O)cc1. The van der Waals surface area contributed by atoms with Gasteiger partial charge in [-0.2, -0.15) is 4.98 Å². The summed E-state index contributed by atoms with van der Waals surface area (Å²) in [5.74, 6) is 0.686. The number of ether oxygens (including phenoxy) is 2. The van der Waals surface area contributed by atoms with Gasteiger partial charge in [0.2, 0.25) is 0 Å². The van der Waals surface area contributed by atoms with Crippen molar-refractivity contribution in [2.45, 2.75) is 38.8 Å². The number of hydrogen-bond acceptors (Lipinski definition) is 8. The second-order valence-electron chi connectivity index (χ2n) is 8.69. The first kappa shape index (κ1) is 21.7. The topological polar surface area (TPSA) is 89.7 Å². The first-order chi connectivity index (χ1) is 14.8. The standard InChI is InChI=1S/C22H28N4O4S/c1-22(2,3)15-4-6-17(7-5-15)30-13-16(27)12-26-14-23-19-18(20(26)28)31-21(24-19)25-8-10-29-11-9-25/h4-7,14,16,27H,8-13H2,1-3H3/t16-/m0/s1. The minimum absolute atomic E-state index is 0.0726. The summed E-state index contributed by atoms with van der Waals surface area (Å²) in [6.07, 6.45) is 0.598. The molecule has 166 valence electrons. The Labute approximate surface area is 185 Å². The Hall–Kier alpha value is -2.49. The molecular weight excluding hydrogens is 416 g/mol. The molecule has 0 radical (unpaired) electrons. The van der Waals surface area contributed by atoms with E-state index in [1.807, 2.05) is 24.3 Å². The van der Waals surface area contributed by atoms with E-state index in [2.05, 4.69) is 35.6 Å². The van der Waals surface area contributed by atoms with Crippen molar-refractivity contribution in [1.82, 2.24) is 14.5 Å². The number of hydrogen-bond donors (Lipinski definition) is 1. The third-order valence-corrected chi connectivity index (χ3v) is 6.32. The lowest BCUT2D eigenvalue weighted by Crippen LogP contribution is -2.36. The summed E-state index contributed by atoms with van der Waals surface area (Å²) in [7, 11) is 0. The van der Waals surface area contributed by atoms with Crippen LogP contribution in [0.2, 0.25) is 0 Å². The van der Waals surface area contributed by atoms with Crippen molar-refractivity contribution in [1.29, 1.82) is 0 Å². The fourth-order valence-corrected chi connectivity index (χ4v) is 4.40. The van der Waals surface area contributed by atoms with Crippen molar-refractivity contribution >= 4 is 26.8 Å². The second kappa shape index (κ2) is 8.94. The van der Waals surface area contributed by atoms with Gasteiger partial charge < -0.3 is 19.5 Å². The van der Waals surface area contributed by atoms with Crippen LogP contribution in [-0.4, -0.2) is 58.7 Å². The highest BCUT2D eigenvalue weighted by Gasteiger charge is 2.19. The van der Waals surface area contributed by atoms with Gasteiger partial charge in [0.25, 0.3) is 5.56 Å². The van der Waals surface area contributed by atoms with Gasteiger partial charge in [0, 0.05) is 13.1 Å². The maximum absolute atomic E-state index is 12.9. The zero-order valence-electron chi connectivity index (χ0n) is 18.1. The molecule has 1 fully saturated rings. The predicted octanol–water partition coefficient (Wildman–Crippen LogP) is 2.43. The number of nitrogens with zero attached hydrogens (tertiary/aromatic N) is 4. The average molecular weight is 445 g/mol. The Balaban J connectivity index is 1.40. The molecule has 1 atom stereocenters. The number of fused-ring (bicyclic) bond motifs is 1. The number of aliphatic hydroxyl groups is 1. The molecule has 2 aromatic heterocycles. The van der Waals surface area contributed by atoms with Crippen molar-refractivity contribution in [3.63, 3.8) is 0 Å². The largest absolute Gasteiger partial charge is 0.491 e. The summed E-state index contributed by atoms with van der Waals surface area (Å²) >= 11 is 1.34. The zero-order chi connectivity index (χ0) is 22.0. The minimum atomic E-state index is -0.842. The lowest BCUT2D eigenvalue weighted by molar-refractivity contribution is 0.0915. The van der Waals surface area contributed by atoms with Crippen LogP contribution in [0.15, 0.2) is 35.4 Å². The van der Waals surface area contributed by atoms with Gasteiger partial charge in [0.15, 0.2) is 10.8 Å². The van der Waals surface area contributed by atoms with E-state index in [0.717, 1.165) is 18.2 Å². The van der Waals surface area contributed by atoms with Crippen molar-refractivity contribution in [2.75, 3.05) is 37.8 Å². The van der Waals surface area contributed by atoms with Gasteiger partial charge in [-0.3, -0.25) is 9.36 Å². The molecule has 8 nitrogen and oxygen atoms in total. The van der Waals surface area contributed by atoms with Gasteiger partial charge >= 0.3 is 0 Å². The molecule has 0 aliphatic carbocycles. The average Bonchev–Trinajstić information content (AvgIpc) is 3.20. The molecule has 3 aromatic rings. The highest BCUT2D eigenvalue weighted by Crippen LogP contribution is 2.26. The van der Waals surface area contributed by atoms with E-state index in [0.29, 0.717) is 29.3 Å². The molecule has 1 N–H and O–H groups in total. The second-order valence-corrected chi connectivity index (χ2v) is 9.67. The van der Waals surface area contributed by atoms with Gasteiger partial charge in [0.05, 0.1) is 19.8 Å². The monoisotopic (exact) mass is 444 g/mol. The molecule has 31 heavy (non-hydrogen) atoms. The van der Waals surface area contributed by atoms with Crippen molar-refractivity contribution in [2.24, 2.45) is 0 Å². The van der Waals surface area contributed by atoms with E-state index in [9.17, 15) is 9.90 Å². The summed E-state index contributed by atoms with van der Waals surface area (Å²) in [5, 5.41) is 11.2. The van der Waals surface area contributed by atoms with E-state index in [-0.39, 0.29) is 24.1 Å². The van der Waals surface area contributed by atoms with Crippen molar-refractivity contribution in [3.05, 3.63) is 46.5 Å². The van der Waals surface area contributed by atoms with E-state index in [1.54, 1.807) is 0 Å². The Morgan fingerprint density at radius 1 is 1.23 bits per heavy atom. The van der Waals surface area contributed by atoms with Crippen LogP contribution in [0.3, 0.4) is 0 Å². The smallest absolute Gasteiger partial charge is 0.273 e. The fourth-order valence-electron chi connectivity index (χ4n) is 3.38. The molecule has 0 bridgehead atoms. The predicted molar refractivity (Wildman–Crippen MR) is 121 cm³/mol. The highest BCUT2D eigenvalue weighted by atomic mass is 32.1. The van der Waals surface area contributed by atoms with E-state index in [1.165, 1.54) is 27.8 Å². The molecule has 4 rings (SSSR count). The van der Waals surface area contributed by atoms with Gasteiger partial charge in [-0.25, -0.2) is 4.98 Å². The Kier molecular flexibility index (Phi) is 6.27. The Bertz CT molecular complexity index is 1080.